The lowest BCUT2D eigenvalue weighted by atomic mass is 10.1. The van der Waals surface area contributed by atoms with Crippen LogP contribution in [0.1, 0.15) is 32.6 Å². The van der Waals surface area contributed by atoms with Crippen molar-refractivity contribution >= 4 is 17.6 Å². The van der Waals surface area contributed by atoms with Crippen LogP contribution >= 0.6 is 0 Å². The molecule has 0 unspecified atom stereocenters. The Hall–Kier alpha value is -4.22. The highest BCUT2D eigenvalue weighted by Crippen LogP contribution is 2.38. The van der Waals surface area contributed by atoms with E-state index in [9.17, 15) is 35.9 Å². The first kappa shape index (κ1) is 25.9. The Morgan fingerprint density at radius 2 is 1.59 bits per heavy atom. The van der Waals surface area contributed by atoms with E-state index >= 15 is 0 Å². The van der Waals surface area contributed by atoms with Crippen LogP contribution < -0.4 is 14.4 Å². The van der Waals surface area contributed by atoms with Crippen molar-refractivity contribution in [1.29, 1.82) is 0 Å². The fourth-order valence-corrected chi connectivity index (χ4v) is 3.79. The zero-order valence-electron chi connectivity index (χ0n) is 18.7. The fourth-order valence-electron chi connectivity index (χ4n) is 3.79. The van der Waals surface area contributed by atoms with Gasteiger partial charge < -0.3 is 19.5 Å². The maximum absolute atomic E-state index is 13.5. The summed E-state index contributed by atoms with van der Waals surface area (Å²) in [5.41, 5.74) is -0.988. The van der Waals surface area contributed by atoms with Crippen LogP contribution in [0.15, 0.2) is 60.7 Å². The zero-order chi connectivity index (χ0) is 27.0. The van der Waals surface area contributed by atoms with Crippen LogP contribution in [0, 0.1) is 0 Å². The first-order chi connectivity index (χ1) is 17.3. The summed E-state index contributed by atoms with van der Waals surface area (Å²) in [7, 11) is 0. The molecule has 37 heavy (non-hydrogen) atoms. The number of carboxylic acid groups (broad SMARTS) is 1. The number of anilines is 1. The molecule has 0 radical (unpaired) electrons. The number of nitrogens with zero attached hydrogens (tertiary/aromatic N) is 1. The Labute approximate surface area is 205 Å². The van der Waals surface area contributed by atoms with E-state index in [0.717, 1.165) is 24.3 Å². The molecule has 0 spiro atoms. The van der Waals surface area contributed by atoms with Crippen molar-refractivity contribution in [1.82, 2.24) is 0 Å². The molecule has 12 heteroatoms. The van der Waals surface area contributed by atoms with Gasteiger partial charge in [0.2, 0.25) is 0 Å². The SMILES string of the molecule is O=C(O)COc1ccc(COc2cccc3c2CN(c2ccc(C(F)(F)F)cc2)C3=O)cc1C(F)(F)F. The number of alkyl halides is 6. The van der Waals surface area contributed by atoms with Gasteiger partial charge in [0.15, 0.2) is 6.61 Å². The minimum atomic E-state index is -4.81. The third-order valence-corrected chi connectivity index (χ3v) is 5.53. The van der Waals surface area contributed by atoms with Crippen molar-refractivity contribution in [2.24, 2.45) is 0 Å². The van der Waals surface area contributed by atoms with Crippen molar-refractivity contribution in [3.63, 3.8) is 0 Å². The normalized spacial score (nSPS) is 13.5. The molecule has 0 saturated heterocycles. The first-order valence-corrected chi connectivity index (χ1v) is 10.6. The topological polar surface area (TPSA) is 76.1 Å². The summed E-state index contributed by atoms with van der Waals surface area (Å²) in [6.07, 6.45) is -9.34. The lowest BCUT2D eigenvalue weighted by Gasteiger charge is -2.17. The molecule has 0 atom stereocenters. The van der Waals surface area contributed by atoms with Gasteiger partial charge in [-0.2, -0.15) is 26.3 Å². The summed E-state index contributed by atoms with van der Waals surface area (Å²) in [5.74, 6) is -2.31. The van der Waals surface area contributed by atoms with Gasteiger partial charge in [0, 0.05) is 16.8 Å². The third-order valence-electron chi connectivity index (χ3n) is 5.53. The van der Waals surface area contributed by atoms with Crippen LogP contribution in [0.3, 0.4) is 0 Å². The molecule has 4 rings (SSSR count). The van der Waals surface area contributed by atoms with Crippen molar-refractivity contribution in [2.45, 2.75) is 25.5 Å². The van der Waals surface area contributed by atoms with Crippen LogP contribution in [0.5, 0.6) is 11.5 Å². The van der Waals surface area contributed by atoms with E-state index in [1.165, 1.54) is 41.3 Å². The predicted octanol–water partition coefficient (Wildman–Crippen LogP) is 5.93. The average molecular weight is 525 g/mol. The average Bonchev–Trinajstić information content (AvgIpc) is 3.17. The molecule has 0 bridgehead atoms. The molecule has 194 valence electrons. The van der Waals surface area contributed by atoms with E-state index in [1.54, 1.807) is 0 Å². The minimum absolute atomic E-state index is 0.00846. The summed E-state index contributed by atoms with van der Waals surface area (Å²) < 4.78 is 89.4. The van der Waals surface area contributed by atoms with Gasteiger partial charge in [-0.15, -0.1) is 0 Å². The van der Waals surface area contributed by atoms with Gasteiger partial charge in [-0.3, -0.25) is 4.79 Å². The van der Waals surface area contributed by atoms with E-state index in [1.807, 2.05) is 0 Å². The number of carbonyl (C=O) groups is 2. The lowest BCUT2D eigenvalue weighted by Crippen LogP contribution is -2.23. The predicted molar refractivity (Wildman–Crippen MR) is 117 cm³/mol. The first-order valence-electron chi connectivity index (χ1n) is 10.6. The highest BCUT2D eigenvalue weighted by Gasteiger charge is 2.36. The number of carbonyl (C=O) groups excluding carboxylic acids is 1. The van der Waals surface area contributed by atoms with E-state index in [4.69, 9.17) is 14.6 Å². The summed E-state index contributed by atoms with van der Waals surface area (Å²) in [4.78, 5) is 24.8. The van der Waals surface area contributed by atoms with Gasteiger partial charge in [0.05, 0.1) is 17.7 Å². The Balaban J connectivity index is 1.53. The standard InChI is InChI=1S/C25H17F6NO5/c26-24(27,28)15-5-7-16(8-6-15)32-11-18-17(23(32)35)2-1-3-20(18)36-12-14-4-9-21(37-13-22(33)34)19(10-14)25(29,30)31/h1-10H,11-13H2,(H,33,34). The fraction of sp³-hybridized carbons (Fsp3) is 0.200. The number of benzene rings is 3. The maximum Gasteiger partial charge on any atom is 0.419 e. The second-order valence-corrected chi connectivity index (χ2v) is 8.02. The van der Waals surface area contributed by atoms with Gasteiger partial charge in [-0.25, -0.2) is 4.79 Å². The number of halogens is 6. The molecule has 3 aromatic carbocycles. The van der Waals surface area contributed by atoms with Crippen molar-refractivity contribution in [2.75, 3.05) is 11.5 Å². The van der Waals surface area contributed by atoms with Crippen molar-refractivity contribution in [3.05, 3.63) is 88.5 Å². The monoisotopic (exact) mass is 525 g/mol. The number of aliphatic carboxylic acids is 1. The Morgan fingerprint density at radius 3 is 2.22 bits per heavy atom. The number of hydrogen-bond donors (Lipinski definition) is 1. The Kier molecular flexibility index (Phi) is 6.76. The van der Waals surface area contributed by atoms with Gasteiger partial charge in [0.25, 0.3) is 5.91 Å². The molecular formula is C25H17F6NO5. The lowest BCUT2D eigenvalue weighted by molar-refractivity contribution is -0.143. The summed E-state index contributed by atoms with van der Waals surface area (Å²) in [6, 6.07) is 11.7. The molecule has 1 amide bonds. The van der Waals surface area contributed by atoms with Gasteiger partial charge in [-0.1, -0.05) is 12.1 Å². The van der Waals surface area contributed by atoms with Crippen LogP contribution in [0.25, 0.3) is 0 Å². The van der Waals surface area contributed by atoms with Crippen molar-refractivity contribution in [3.8, 4) is 11.5 Å². The number of hydrogen-bond acceptors (Lipinski definition) is 4. The van der Waals surface area contributed by atoms with Gasteiger partial charge in [0.1, 0.15) is 18.1 Å². The number of carboxylic acids is 1. The van der Waals surface area contributed by atoms with E-state index in [0.29, 0.717) is 5.56 Å². The van der Waals surface area contributed by atoms with Gasteiger partial charge in [-0.05, 0) is 54.1 Å². The van der Waals surface area contributed by atoms with E-state index in [2.05, 4.69) is 0 Å². The molecule has 0 aromatic heterocycles. The number of fused-ring (bicyclic) bond motifs is 1. The van der Waals surface area contributed by atoms with Crippen LogP contribution in [-0.2, 0) is 30.3 Å². The second-order valence-electron chi connectivity index (χ2n) is 8.02. The highest BCUT2D eigenvalue weighted by atomic mass is 19.4. The summed E-state index contributed by atoms with van der Waals surface area (Å²) in [6.45, 7) is -1.27. The third kappa shape index (κ3) is 5.63. The van der Waals surface area contributed by atoms with Gasteiger partial charge >= 0.3 is 18.3 Å². The van der Waals surface area contributed by atoms with E-state index < -0.39 is 47.7 Å². The number of rotatable bonds is 7. The second kappa shape index (κ2) is 9.68. The molecular weight excluding hydrogens is 508 g/mol. The number of ether oxygens (including phenoxy) is 2. The minimum Gasteiger partial charge on any atom is -0.489 e. The highest BCUT2D eigenvalue weighted by molar-refractivity contribution is 6.10. The Morgan fingerprint density at radius 1 is 0.892 bits per heavy atom. The summed E-state index contributed by atoms with van der Waals surface area (Å²) in [5, 5.41) is 8.67. The summed E-state index contributed by atoms with van der Waals surface area (Å²) >= 11 is 0. The molecule has 1 aliphatic heterocycles. The molecule has 0 saturated carbocycles. The molecule has 1 heterocycles. The largest absolute Gasteiger partial charge is 0.489 e. The van der Waals surface area contributed by atoms with E-state index in [-0.39, 0.29) is 35.7 Å². The molecule has 0 fully saturated rings. The van der Waals surface area contributed by atoms with Crippen LogP contribution in [0.4, 0.5) is 32.0 Å². The van der Waals surface area contributed by atoms with Crippen LogP contribution in [-0.4, -0.2) is 23.6 Å². The smallest absolute Gasteiger partial charge is 0.419 e. The molecule has 6 nitrogen and oxygen atoms in total. The zero-order valence-corrected chi connectivity index (χ0v) is 18.7. The molecule has 3 aromatic rings. The number of amides is 1. The van der Waals surface area contributed by atoms with Crippen molar-refractivity contribution < 1.29 is 50.5 Å². The Bertz CT molecular complexity index is 1330. The molecule has 0 aliphatic carbocycles. The quantitative estimate of drug-likeness (QED) is 0.387. The molecule has 1 aliphatic rings. The maximum atomic E-state index is 13.5. The van der Waals surface area contributed by atoms with Crippen LogP contribution in [0.2, 0.25) is 0 Å². The molecule has 1 N–H and O–H groups in total.